The predicted molar refractivity (Wildman–Crippen MR) is 104 cm³/mol. The summed E-state index contributed by atoms with van der Waals surface area (Å²) < 4.78 is 0. The number of hydrogen-bond donors (Lipinski definition) is 4. The van der Waals surface area contributed by atoms with Crippen LogP contribution in [0, 0.1) is 0 Å². The lowest BCUT2D eigenvalue weighted by Gasteiger charge is -2.08. The lowest BCUT2D eigenvalue weighted by Crippen LogP contribution is -2.23. The number of carbonyl (C=O) groups is 1. The van der Waals surface area contributed by atoms with Crippen molar-refractivity contribution in [2.45, 2.75) is 6.61 Å². The van der Waals surface area contributed by atoms with Gasteiger partial charge in [0.05, 0.1) is 17.9 Å². The zero-order chi connectivity index (χ0) is 19.9. The average Bonchev–Trinajstić information content (AvgIpc) is 2.70. The van der Waals surface area contributed by atoms with Crippen molar-refractivity contribution in [1.29, 1.82) is 0 Å². The Morgan fingerprint density at radius 1 is 0.964 bits per heavy atom. The second-order valence-corrected chi connectivity index (χ2v) is 5.91. The van der Waals surface area contributed by atoms with E-state index in [1.807, 2.05) is 30.3 Å². The minimum atomic E-state index is -0.620. The number of phenols is 3. The maximum atomic E-state index is 12.3. The van der Waals surface area contributed by atoms with E-state index in [4.69, 9.17) is 4.84 Å². The van der Waals surface area contributed by atoms with Crippen molar-refractivity contribution in [2.24, 2.45) is 4.99 Å². The molecule has 0 aliphatic heterocycles. The zero-order valence-electron chi connectivity index (χ0n) is 14.7. The fourth-order valence-corrected chi connectivity index (χ4v) is 2.39. The number of aromatic hydroxyl groups is 3. The van der Waals surface area contributed by atoms with Crippen molar-refractivity contribution in [3.05, 3.63) is 83.4 Å². The Morgan fingerprint density at radius 3 is 2.50 bits per heavy atom. The molecule has 0 bridgehead atoms. The lowest BCUT2D eigenvalue weighted by atomic mass is 10.1. The molecule has 4 N–H and O–H groups in total. The second kappa shape index (κ2) is 8.70. The van der Waals surface area contributed by atoms with Crippen LogP contribution >= 0.6 is 0 Å². The van der Waals surface area contributed by atoms with Crippen molar-refractivity contribution >= 4 is 17.8 Å². The number of carbonyl (C=O) groups excluding carboxylic acids is 1. The average molecular weight is 378 g/mol. The highest BCUT2D eigenvalue weighted by atomic mass is 16.6. The number of amides is 1. The zero-order valence-corrected chi connectivity index (χ0v) is 14.7. The molecule has 142 valence electrons. The fraction of sp³-hybridized carbons (Fsp3) is 0.0476. The number of nitrogens with zero attached hydrogens (tertiary/aromatic N) is 1. The number of hydroxylamine groups is 1. The molecule has 3 aromatic rings. The largest absolute Gasteiger partial charge is 0.508 e. The smallest absolute Gasteiger partial charge is 0.278 e. The molecule has 28 heavy (non-hydrogen) atoms. The van der Waals surface area contributed by atoms with E-state index in [1.54, 1.807) is 0 Å². The Labute approximate surface area is 161 Å². The van der Waals surface area contributed by atoms with Gasteiger partial charge in [0, 0.05) is 11.8 Å². The van der Waals surface area contributed by atoms with E-state index in [2.05, 4.69) is 10.5 Å². The van der Waals surface area contributed by atoms with Gasteiger partial charge in [-0.05, 0) is 42.0 Å². The van der Waals surface area contributed by atoms with Crippen molar-refractivity contribution in [3.63, 3.8) is 0 Å². The van der Waals surface area contributed by atoms with E-state index in [-0.39, 0.29) is 29.4 Å². The van der Waals surface area contributed by atoms with Crippen LogP contribution in [0.5, 0.6) is 17.2 Å². The van der Waals surface area contributed by atoms with Gasteiger partial charge in [0.1, 0.15) is 17.2 Å². The van der Waals surface area contributed by atoms with Gasteiger partial charge in [-0.3, -0.25) is 14.6 Å². The molecule has 0 heterocycles. The van der Waals surface area contributed by atoms with Crippen LogP contribution in [0.3, 0.4) is 0 Å². The highest BCUT2D eigenvalue weighted by Crippen LogP contribution is 2.25. The fourth-order valence-electron chi connectivity index (χ4n) is 2.39. The van der Waals surface area contributed by atoms with Crippen LogP contribution in [-0.4, -0.2) is 27.4 Å². The molecule has 7 heteroatoms. The first-order chi connectivity index (χ1) is 13.5. The maximum absolute atomic E-state index is 12.3. The SMILES string of the molecule is O=C(NOCc1ccccc1)c1cc(N=Cc2cc(O)ccc2O)ccc1O. The van der Waals surface area contributed by atoms with Crippen molar-refractivity contribution < 1.29 is 25.0 Å². The molecule has 0 radical (unpaired) electrons. The summed E-state index contributed by atoms with van der Waals surface area (Å²) in [7, 11) is 0. The Morgan fingerprint density at radius 2 is 1.71 bits per heavy atom. The van der Waals surface area contributed by atoms with Gasteiger partial charge < -0.3 is 15.3 Å². The van der Waals surface area contributed by atoms with Gasteiger partial charge in [0.15, 0.2) is 0 Å². The van der Waals surface area contributed by atoms with Gasteiger partial charge >= 0.3 is 0 Å². The molecule has 0 atom stereocenters. The minimum Gasteiger partial charge on any atom is -0.508 e. The standard InChI is InChI=1S/C21H18N2O5/c24-17-7-9-19(25)15(10-17)12-22-16-6-8-20(26)18(11-16)21(27)23-28-13-14-4-2-1-3-5-14/h1-12,24-26H,13H2,(H,23,27). The minimum absolute atomic E-state index is 0.0113. The van der Waals surface area contributed by atoms with E-state index in [1.165, 1.54) is 42.6 Å². The molecule has 3 rings (SSSR count). The summed E-state index contributed by atoms with van der Waals surface area (Å²) in [6.07, 6.45) is 1.34. The third-order valence-electron chi connectivity index (χ3n) is 3.84. The molecule has 0 fully saturated rings. The van der Waals surface area contributed by atoms with Gasteiger partial charge in [-0.1, -0.05) is 30.3 Å². The first kappa shape index (κ1) is 18.9. The van der Waals surface area contributed by atoms with Gasteiger partial charge in [-0.25, -0.2) is 5.48 Å². The highest BCUT2D eigenvalue weighted by molar-refractivity contribution is 5.97. The van der Waals surface area contributed by atoms with Crippen LogP contribution in [0.1, 0.15) is 21.5 Å². The first-order valence-electron chi connectivity index (χ1n) is 8.38. The van der Waals surface area contributed by atoms with Crippen molar-refractivity contribution in [1.82, 2.24) is 5.48 Å². The van der Waals surface area contributed by atoms with E-state index < -0.39 is 5.91 Å². The number of aliphatic imine (C=N–C) groups is 1. The molecule has 0 aliphatic rings. The molecule has 0 saturated heterocycles. The number of phenolic OH excluding ortho intramolecular Hbond substituents is 3. The molecule has 0 unspecified atom stereocenters. The first-order valence-corrected chi connectivity index (χ1v) is 8.38. The van der Waals surface area contributed by atoms with Gasteiger partial charge in [0.2, 0.25) is 0 Å². The molecule has 1 amide bonds. The van der Waals surface area contributed by atoms with Gasteiger partial charge in [0.25, 0.3) is 5.91 Å². The molecular formula is C21H18N2O5. The normalized spacial score (nSPS) is 10.9. The predicted octanol–water partition coefficient (Wildman–Crippen LogP) is 3.42. The van der Waals surface area contributed by atoms with Crippen LogP contribution in [0.4, 0.5) is 5.69 Å². The Bertz CT molecular complexity index is 1000. The van der Waals surface area contributed by atoms with Crippen LogP contribution in [0.2, 0.25) is 0 Å². The third kappa shape index (κ3) is 4.87. The van der Waals surface area contributed by atoms with E-state index in [9.17, 15) is 20.1 Å². The van der Waals surface area contributed by atoms with Gasteiger partial charge in [-0.15, -0.1) is 0 Å². The summed E-state index contributed by atoms with van der Waals surface area (Å²) in [4.78, 5) is 21.6. The molecule has 0 aliphatic carbocycles. The third-order valence-corrected chi connectivity index (χ3v) is 3.84. The summed E-state index contributed by atoms with van der Waals surface area (Å²) in [6, 6.07) is 17.6. The Balaban J connectivity index is 1.69. The van der Waals surface area contributed by atoms with E-state index >= 15 is 0 Å². The van der Waals surface area contributed by atoms with Crippen LogP contribution in [-0.2, 0) is 11.4 Å². The van der Waals surface area contributed by atoms with Crippen LogP contribution in [0.25, 0.3) is 0 Å². The summed E-state index contributed by atoms with van der Waals surface area (Å²) in [5, 5.41) is 29.2. The van der Waals surface area contributed by atoms with Crippen LogP contribution in [0.15, 0.2) is 71.7 Å². The van der Waals surface area contributed by atoms with E-state index in [0.29, 0.717) is 11.3 Å². The lowest BCUT2D eigenvalue weighted by molar-refractivity contribution is 0.0231. The number of nitrogens with one attached hydrogen (secondary N) is 1. The summed E-state index contributed by atoms with van der Waals surface area (Å²) in [6.45, 7) is 0.183. The monoisotopic (exact) mass is 378 g/mol. The molecular weight excluding hydrogens is 360 g/mol. The maximum Gasteiger partial charge on any atom is 0.278 e. The van der Waals surface area contributed by atoms with Crippen molar-refractivity contribution in [2.75, 3.05) is 0 Å². The van der Waals surface area contributed by atoms with Crippen LogP contribution < -0.4 is 5.48 Å². The quantitative estimate of drug-likeness (QED) is 0.298. The molecule has 7 nitrogen and oxygen atoms in total. The molecule has 0 spiro atoms. The molecule has 3 aromatic carbocycles. The summed E-state index contributed by atoms with van der Waals surface area (Å²) >= 11 is 0. The number of hydrogen-bond acceptors (Lipinski definition) is 6. The van der Waals surface area contributed by atoms with E-state index in [0.717, 1.165) is 5.56 Å². The molecule has 0 saturated carbocycles. The van der Waals surface area contributed by atoms with Gasteiger partial charge in [-0.2, -0.15) is 0 Å². The molecule has 0 aromatic heterocycles. The Kier molecular flexibility index (Phi) is 5.88. The summed E-state index contributed by atoms with van der Waals surface area (Å²) in [5.41, 5.74) is 3.84. The number of rotatable bonds is 6. The second-order valence-electron chi connectivity index (χ2n) is 5.91. The highest BCUT2D eigenvalue weighted by Gasteiger charge is 2.12. The van der Waals surface area contributed by atoms with Crippen molar-refractivity contribution in [3.8, 4) is 17.2 Å². The summed E-state index contributed by atoms with van der Waals surface area (Å²) in [5.74, 6) is -0.904. The topological polar surface area (TPSA) is 111 Å². The Hall–Kier alpha value is -3.84. The number of benzene rings is 3.